The van der Waals surface area contributed by atoms with Gasteiger partial charge in [0.2, 0.25) is 0 Å². The largest absolute Gasteiger partial charge is 0.350 e. The van der Waals surface area contributed by atoms with Gasteiger partial charge in [0.05, 0.1) is 0 Å². The van der Waals surface area contributed by atoms with Gasteiger partial charge in [-0.1, -0.05) is 19.8 Å². The van der Waals surface area contributed by atoms with Crippen molar-refractivity contribution in [3.05, 3.63) is 33.4 Å². The van der Waals surface area contributed by atoms with Crippen LogP contribution in [0.2, 0.25) is 0 Å². The highest BCUT2D eigenvalue weighted by Crippen LogP contribution is 2.35. The molecule has 2 unspecified atom stereocenters. The van der Waals surface area contributed by atoms with Crippen LogP contribution in [0.25, 0.3) is 0 Å². The predicted molar refractivity (Wildman–Crippen MR) is 95.5 cm³/mol. The molecule has 0 aromatic heterocycles. The van der Waals surface area contributed by atoms with Crippen molar-refractivity contribution < 1.29 is 4.79 Å². The molecule has 0 aliphatic heterocycles. The summed E-state index contributed by atoms with van der Waals surface area (Å²) in [4.78, 5) is 14.6. The van der Waals surface area contributed by atoms with Crippen molar-refractivity contribution in [2.75, 3.05) is 20.6 Å². The summed E-state index contributed by atoms with van der Waals surface area (Å²) in [5, 5.41) is 3.15. The molecular weight excluding hydrogens is 375 g/mol. The van der Waals surface area contributed by atoms with Crippen LogP contribution in [0, 0.1) is 9.49 Å². The Hall–Kier alpha value is -0.620. The molecule has 1 fully saturated rings. The van der Waals surface area contributed by atoms with E-state index in [0.29, 0.717) is 0 Å². The molecule has 1 saturated carbocycles. The van der Waals surface area contributed by atoms with Gasteiger partial charge in [0.25, 0.3) is 5.91 Å². The fraction of sp³-hybridized carbons (Fsp3) is 0.588. The van der Waals surface area contributed by atoms with E-state index in [2.05, 4.69) is 53.8 Å². The molecule has 1 aromatic carbocycles. The van der Waals surface area contributed by atoms with Crippen LogP contribution in [-0.2, 0) is 0 Å². The van der Waals surface area contributed by atoms with Crippen molar-refractivity contribution in [2.45, 2.75) is 38.1 Å². The number of nitrogens with zero attached hydrogens (tertiary/aromatic N) is 1. The Morgan fingerprint density at radius 3 is 2.62 bits per heavy atom. The summed E-state index contributed by atoms with van der Waals surface area (Å²) in [6.07, 6.45) is 4.88. The predicted octanol–water partition coefficient (Wildman–Crippen LogP) is 3.53. The summed E-state index contributed by atoms with van der Waals surface area (Å²) < 4.78 is 1.15. The lowest BCUT2D eigenvalue weighted by atomic mass is 9.75. The SMILES string of the molecule is CC1CCCC(CNC(=O)c2ccc(I)cc2)(N(C)C)C1. The molecule has 0 saturated heterocycles. The minimum Gasteiger partial charge on any atom is -0.350 e. The first-order chi connectivity index (χ1) is 9.93. The Labute approximate surface area is 141 Å². The Morgan fingerprint density at radius 2 is 2.05 bits per heavy atom. The molecule has 4 heteroatoms. The molecule has 0 spiro atoms. The van der Waals surface area contributed by atoms with Crippen LogP contribution in [-0.4, -0.2) is 37.0 Å². The van der Waals surface area contributed by atoms with Crippen LogP contribution < -0.4 is 5.32 Å². The van der Waals surface area contributed by atoms with Gasteiger partial charge in [-0.25, -0.2) is 0 Å². The van der Waals surface area contributed by atoms with E-state index in [0.717, 1.165) is 34.4 Å². The van der Waals surface area contributed by atoms with Gasteiger partial charge in [-0.3, -0.25) is 4.79 Å². The molecule has 0 bridgehead atoms. The lowest BCUT2D eigenvalue weighted by molar-refractivity contribution is 0.0675. The van der Waals surface area contributed by atoms with Crippen molar-refractivity contribution in [3.8, 4) is 0 Å². The van der Waals surface area contributed by atoms with Crippen LogP contribution in [0.15, 0.2) is 24.3 Å². The van der Waals surface area contributed by atoms with Gasteiger partial charge in [-0.2, -0.15) is 0 Å². The van der Waals surface area contributed by atoms with E-state index in [-0.39, 0.29) is 11.4 Å². The second-order valence-corrected chi connectivity index (χ2v) is 7.76. The lowest BCUT2D eigenvalue weighted by Crippen LogP contribution is -2.55. The third-order valence-corrected chi connectivity index (χ3v) is 5.42. The van der Waals surface area contributed by atoms with Crippen molar-refractivity contribution >= 4 is 28.5 Å². The van der Waals surface area contributed by atoms with E-state index < -0.39 is 0 Å². The summed E-state index contributed by atoms with van der Waals surface area (Å²) in [5.74, 6) is 0.766. The molecule has 0 heterocycles. The maximum Gasteiger partial charge on any atom is 0.251 e. The number of halogens is 1. The number of hydrogen-bond donors (Lipinski definition) is 1. The summed E-state index contributed by atoms with van der Waals surface area (Å²) in [7, 11) is 4.27. The highest BCUT2D eigenvalue weighted by Gasteiger charge is 2.37. The first kappa shape index (κ1) is 16.7. The van der Waals surface area contributed by atoms with Crippen LogP contribution in [0.1, 0.15) is 43.0 Å². The standard InChI is InChI=1S/C17H25IN2O/c1-13-5-4-10-17(11-13,20(2)3)12-19-16(21)14-6-8-15(18)9-7-14/h6-9,13H,4-5,10-12H2,1-3H3,(H,19,21). The highest BCUT2D eigenvalue weighted by atomic mass is 127. The van der Waals surface area contributed by atoms with Gasteiger partial charge in [-0.15, -0.1) is 0 Å². The Balaban J connectivity index is 2.02. The zero-order valence-corrected chi connectivity index (χ0v) is 15.3. The second kappa shape index (κ2) is 7.09. The Kier molecular flexibility index (Phi) is 5.66. The number of benzene rings is 1. The average molecular weight is 400 g/mol. The van der Waals surface area contributed by atoms with Gasteiger partial charge in [0.1, 0.15) is 0 Å². The maximum absolute atomic E-state index is 12.3. The lowest BCUT2D eigenvalue weighted by Gasteiger charge is -2.45. The normalized spacial score (nSPS) is 25.9. The number of likely N-dealkylation sites (N-methyl/N-ethyl adjacent to an activating group) is 1. The van der Waals surface area contributed by atoms with Gasteiger partial charge < -0.3 is 10.2 Å². The van der Waals surface area contributed by atoms with E-state index in [1.165, 1.54) is 12.8 Å². The van der Waals surface area contributed by atoms with Crippen molar-refractivity contribution in [3.63, 3.8) is 0 Å². The molecular formula is C17H25IN2O. The molecule has 1 N–H and O–H groups in total. The molecule has 3 nitrogen and oxygen atoms in total. The minimum absolute atomic E-state index is 0.0332. The highest BCUT2D eigenvalue weighted by molar-refractivity contribution is 14.1. The van der Waals surface area contributed by atoms with E-state index in [9.17, 15) is 4.79 Å². The smallest absolute Gasteiger partial charge is 0.251 e. The third kappa shape index (κ3) is 4.19. The van der Waals surface area contributed by atoms with Crippen molar-refractivity contribution in [2.24, 2.45) is 5.92 Å². The van der Waals surface area contributed by atoms with Crippen LogP contribution >= 0.6 is 22.6 Å². The third-order valence-electron chi connectivity index (χ3n) is 4.70. The molecule has 0 radical (unpaired) electrons. The first-order valence-corrected chi connectivity index (χ1v) is 8.72. The van der Waals surface area contributed by atoms with Gasteiger partial charge >= 0.3 is 0 Å². The van der Waals surface area contributed by atoms with E-state index in [4.69, 9.17) is 0 Å². The number of carbonyl (C=O) groups excluding carboxylic acids is 1. The van der Waals surface area contributed by atoms with E-state index in [1.54, 1.807) is 0 Å². The van der Waals surface area contributed by atoms with Crippen LogP contribution in [0.4, 0.5) is 0 Å². The molecule has 116 valence electrons. The molecule has 1 aromatic rings. The fourth-order valence-corrected chi connectivity index (χ4v) is 3.66. The topological polar surface area (TPSA) is 32.3 Å². The van der Waals surface area contributed by atoms with Gasteiger partial charge in [0.15, 0.2) is 0 Å². The minimum atomic E-state index is 0.0332. The number of hydrogen-bond acceptors (Lipinski definition) is 2. The Bertz CT molecular complexity index is 486. The maximum atomic E-state index is 12.3. The van der Waals surface area contributed by atoms with Gasteiger partial charge in [-0.05, 0) is 79.7 Å². The van der Waals surface area contributed by atoms with Crippen molar-refractivity contribution in [1.29, 1.82) is 0 Å². The molecule has 1 aliphatic carbocycles. The zero-order chi connectivity index (χ0) is 15.5. The van der Waals surface area contributed by atoms with Gasteiger partial charge in [0, 0.05) is 21.2 Å². The monoisotopic (exact) mass is 400 g/mol. The van der Waals surface area contributed by atoms with Crippen LogP contribution in [0.5, 0.6) is 0 Å². The number of rotatable bonds is 4. The van der Waals surface area contributed by atoms with Crippen LogP contribution in [0.3, 0.4) is 0 Å². The zero-order valence-electron chi connectivity index (χ0n) is 13.2. The molecule has 1 amide bonds. The summed E-state index contributed by atoms with van der Waals surface area (Å²) in [6.45, 7) is 3.05. The molecule has 21 heavy (non-hydrogen) atoms. The average Bonchev–Trinajstić information content (AvgIpc) is 2.45. The summed E-state index contributed by atoms with van der Waals surface area (Å²) in [5.41, 5.74) is 0.851. The number of carbonyl (C=O) groups is 1. The Morgan fingerprint density at radius 1 is 1.38 bits per heavy atom. The van der Waals surface area contributed by atoms with E-state index in [1.807, 2.05) is 24.3 Å². The summed E-state index contributed by atoms with van der Waals surface area (Å²) in [6, 6.07) is 7.73. The fourth-order valence-electron chi connectivity index (χ4n) is 3.31. The molecule has 2 atom stereocenters. The molecule has 2 rings (SSSR count). The van der Waals surface area contributed by atoms with E-state index >= 15 is 0 Å². The number of amides is 1. The second-order valence-electron chi connectivity index (χ2n) is 6.51. The van der Waals surface area contributed by atoms with Crippen molar-refractivity contribution in [1.82, 2.24) is 10.2 Å². The number of nitrogens with one attached hydrogen (secondary N) is 1. The summed E-state index contributed by atoms with van der Waals surface area (Å²) >= 11 is 2.25. The molecule has 1 aliphatic rings. The first-order valence-electron chi connectivity index (χ1n) is 7.64. The quantitative estimate of drug-likeness (QED) is 0.785.